The number of ether oxygens (including phenoxy) is 1. The number of aryl methyl sites for hydroxylation is 2. The lowest BCUT2D eigenvalue weighted by molar-refractivity contribution is 0.197. The van der Waals surface area contributed by atoms with E-state index in [-0.39, 0.29) is 12.3 Å². The van der Waals surface area contributed by atoms with E-state index in [1.54, 1.807) is 13.8 Å². The van der Waals surface area contributed by atoms with Crippen molar-refractivity contribution in [3.05, 3.63) is 58.1 Å². The Bertz CT molecular complexity index is 943. The van der Waals surface area contributed by atoms with E-state index < -0.39 is 7.60 Å². The molecule has 1 N–H and O–H groups in total. The Morgan fingerprint density at radius 2 is 1.84 bits per heavy atom. The van der Waals surface area contributed by atoms with Gasteiger partial charge >= 0.3 is 7.60 Å². The van der Waals surface area contributed by atoms with Crippen LogP contribution in [0.1, 0.15) is 80.2 Å². The van der Waals surface area contributed by atoms with Crippen molar-refractivity contribution < 1.29 is 23.5 Å². The van der Waals surface area contributed by atoms with Gasteiger partial charge in [-0.15, -0.1) is 0 Å². The molecule has 1 aliphatic carbocycles. The summed E-state index contributed by atoms with van der Waals surface area (Å²) in [4.78, 5) is 0. The minimum atomic E-state index is -3.25. The second kappa shape index (κ2) is 10.2. The van der Waals surface area contributed by atoms with Gasteiger partial charge in [-0.25, -0.2) is 0 Å². The van der Waals surface area contributed by atoms with Crippen LogP contribution in [0.2, 0.25) is 0 Å². The zero-order valence-electron chi connectivity index (χ0n) is 19.3. The third-order valence-electron chi connectivity index (χ3n) is 5.85. The molecule has 1 atom stereocenters. The molecule has 0 amide bonds. The van der Waals surface area contributed by atoms with Gasteiger partial charge < -0.3 is 18.9 Å². The van der Waals surface area contributed by atoms with Crippen molar-refractivity contribution in [3.63, 3.8) is 0 Å². The summed E-state index contributed by atoms with van der Waals surface area (Å²) < 4.78 is 29.3. The maximum Gasteiger partial charge on any atom is 0.367 e. The number of aromatic hydroxyl groups is 1. The van der Waals surface area contributed by atoms with Gasteiger partial charge in [0.1, 0.15) is 11.5 Å². The van der Waals surface area contributed by atoms with E-state index in [1.807, 2.05) is 18.2 Å². The van der Waals surface area contributed by atoms with E-state index in [0.717, 1.165) is 24.8 Å². The fourth-order valence-corrected chi connectivity index (χ4v) is 5.83. The molecule has 3 rings (SSSR count). The van der Waals surface area contributed by atoms with Crippen LogP contribution in [0.5, 0.6) is 11.5 Å². The fraction of sp³-hybridized carbons (Fsp3) is 0.520. The summed E-state index contributed by atoms with van der Waals surface area (Å²) in [6.07, 6.45) is 3.08. The topological polar surface area (TPSA) is 65.0 Å². The molecular weight excluding hydrogens is 411 g/mol. The molecule has 5 nitrogen and oxygen atoms in total. The first-order chi connectivity index (χ1) is 14.8. The van der Waals surface area contributed by atoms with Crippen molar-refractivity contribution in [2.24, 2.45) is 0 Å². The number of fused-ring (bicyclic) bond motifs is 1. The van der Waals surface area contributed by atoms with Gasteiger partial charge in [-0.2, -0.15) is 0 Å². The zero-order valence-corrected chi connectivity index (χ0v) is 20.2. The van der Waals surface area contributed by atoms with Crippen LogP contribution < -0.4 is 4.74 Å². The second-order valence-corrected chi connectivity index (χ2v) is 10.4. The largest absolute Gasteiger partial charge is 0.508 e. The van der Waals surface area contributed by atoms with E-state index in [9.17, 15) is 9.67 Å². The standard InChI is InChI=1S/C25H35O5P/c1-6-29-31(27,30-7-2)16-28-21-13-18(5)25-20(14-21)9-8-10-22(25)19-11-12-24(26)23(15-19)17(3)4/h11-15,17,22,26H,6-10,16H2,1-5H3. The molecule has 0 bridgehead atoms. The molecule has 31 heavy (non-hydrogen) atoms. The molecule has 2 aromatic carbocycles. The molecule has 0 aliphatic heterocycles. The van der Waals surface area contributed by atoms with Crippen LogP contribution in [0.4, 0.5) is 0 Å². The second-order valence-electron chi connectivity index (χ2n) is 8.45. The van der Waals surface area contributed by atoms with Crippen LogP contribution in [0, 0.1) is 6.92 Å². The first-order valence-electron chi connectivity index (χ1n) is 11.2. The van der Waals surface area contributed by atoms with E-state index in [2.05, 4.69) is 32.9 Å². The van der Waals surface area contributed by atoms with Crippen LogP contribution >= 0.6 is 7.60 Å². The van der Waals surface area contributed by atoms with Crippen molar-refractivity contribution in [2.45, 2.75) is 65.7 Å². The fourth-order valence-electron chi connectivity index (χ4n) is 4.51. The normalized spacial score (nSPS) is 16.4. The van der Waals surface area contributed by atoms with Crippen LogP contribution in [0.3, 0.4) is 0 Å². The van der Waals surface area contributed by atoms with Crippen LogP contribution in [0.25, 0.3) is 0 Å². The first kappa shape index (κ1) is 23.8. The summed E-state index contributed by atoms with van der Waals surface area (Å²) in [5.41, 5.74) is 6.02. The molecule has 2 aromatic rings. The smallest absolute Gasteiger partial charge is 0.367 e. The van der Waals surface area contributed by atoms with Gasteiger partial charge in [0, 0.05) is 5.92 Å². The summed E-state index contributed by atoms with van der Waals surface area (Å²) in [5, 5.41) is 10.2. The third-order valence-corrected chi connectivity index (χ3v) is 7.60. The number of hydrogen-bond donors (Lipinski definition) is 1. The predicted octanol–water partition coefficient (Wildman–Crippen LogP) is 6.89. The highest BCUT2D eigenvalue weighted by atomic mass is 31.2. The van der Waals surface area contributed by atoms with E-state index in [1.165, 1.54) is 22.3 Å². The monoisotopic (exact) mass is 446 g/mol. The Labute approximate surface area is 186 Å². The average Bonchev–Trinajstić information content (AvgIpc) is 2.72. The minimum absolute atomic E-state index is 0.0912. The van der Waals surface area contributed by atoms with Gasteiger partial charge in [0.15, 0.2) is 6.35 Å². The van der Waals surface area contributed by atoms with Crippen molar-refractivity contribution >= 4 is 7.60 Å². The molecule has 0 spiro atoms. The van der Waals surface area contributed by atoms with E-state index in [0.29, 0.717) is 30.6 Å². The van der Waals surface area contributed by atoms with Crippen LogP contribution in [0.15, 0.2) is 30.3 Å². The highest BCUT2D eigenvalue weighted by Crippen LogP contribution is 2.48. The zero-order chi connectivity index (χ0) is 22.6. The van der Waals surface area contributed by atoms with Crippen LogP contribution in [-0.2, 0) is 20.0 Å². The lowest BCUT2D eigenvalue weighted by atomic mass is 9.76. The molecule has 0 saturated carbocycles. The number of benzene rings is 2. The number of rotatable bonds is 9. The quantitative estimate of drug-likeness (QED) is 0.425. The molecule has 6 heteroatoms. The molecule has 0 saturated heterocycles. The van der Waals surface area contributed by atoms with Gasteiger partial charge in [-0.3, -0.25) is 4.57 Å². The molecule has 170 valence electrons. The van der Waals surface area contributed by atoms with Gasteiger partial charge in [0.2, 0.25) is 0 Å². The number of hydrogen-bond acceptors (Lipinski definition) is 5. The number of phenolic OH excluding ortho intramolecular Hbond substituents is 1. The Balaban J connectivity index is 1.88. The van der Waals surface area contributed by atoms with Crippen molar-refractivity contribution in [1.29, 1.82) is 0 Å². The predicted molar refractivity (Wildman–Crippen MR) is 125 cm³/mol. The Morgan fingerprint density at radius 1 is 1.13 bits per heavy atom. The lowest BCUT2D eigenvalue weighted by Gasteiger charge is -2.29. The minimum Gasteiger partial charge on any atom is -0.508 e. The first-order valence-corrected chi connectivity index (χ1v) is 13.0. The molecule has 0 aromatic heterocycles. The van der Waals surface area contributed by atoms with Gasteiger partial charge in [0.05, 0.1) is 13.2 Å². The molecule has 0 heterocycles. The molecule has 1 unspecified atom stereocenters. The SMILES string of the molecule is CCOP(=O)(COc1cc(C)c2c(c1)CCCC2c1ccc(O)c(C(C)C)c1)OCC. The molecule has 0 radical (unpaired) electrons. The van der Waals surface area contributed by atoms with Crippen molar-refractivity contribution in [1.82, 2.24) is 0 Å². The highest BCUT2D eigenvalue weighted by molar-refractivity contribution is 7.53. The molecular formula is C25H35O5P. The molecule has 1 aliphatic rings. The summed E-state index contributed by atoms with van der Waals surface area (Å²) in [6.45, 7) is 10.5. The summed E-state index contributed by atoms with van der Waals surface area (Å²) in [5.74, 6) is 1.63. The maximum atomic E-state index is 12.7. The van der Waals surface area contributed by atoms with Gasteiger partial charge in [0.25, 0.3) is 0 Å². The maximum absolute atomic E-state index is 12.7. The third kappa shape index (κ3) is 5.52. The highest BCUT2D eigenvalue weighted by Gasteiger charge is 2.27. The van der Waals surface area contributed by atoms with Crippen molar-refractivity contribution in [2.75, 3.05) is 19.6 Å². The average molecular weight is 447 g/mol. The van der Waals surface area contributed by atoms with Crippen molar-refractivity contribution in [3.8, 4) is 11.5 Å². The van der Waals surface area contributed by atoms with Gasteiger partial charge in [-0.1, -0.05) is 26.0 Å². The Kier molecular flexibility index (Phi) is 7.85. The van der Waals surface area contributed by atoms with E-state index in [4.69, 9.17) is 13.8 Å². The summed E-state index contributed by atoms with van der Waals surface area (Å²) in [7, 11) is -3.25. The Hall–Kier alpha value is -1.81. The Morgan fingerprint density at radius 3 is 2.48 bits per heavy atom. The van der Waals surface area contributed by atoms with Gasteiger partial charge in [-0.05, 0) is 92.0 Å². The summed E-state index contributed by atoms with van der Waals surface area (Å²) >= 11 is 0. The number of phenols is 1. The lowest BCUT2D eigenvalue weighted by Crippen LogP contribution is -2.14. The summed E-state index contributed by atoms with van der Waals surface area (Å²) in [6, 6.07) is 10.1. The van der Waals surface area contributed by atoms with E-state index >= 15 is 0 Å². The molecule has 0 fully saturated rings. The van der Waals surface area contributed by atoms with Crippen LogP contribution in [-0.4, -0.2) is 24.7 Å².